The lowest BCUT2D eigenvalue weighted by Crippen LogP contribution is -2.37. The van der Waals surface area contributed by atoms with Crippen molar-refractivity contribution in [3.05, 3.63) is 45.0 Å². The summed E-state index contributed by atoms with van der Waals surface area (Å²) in [4.78, 5) is 11.2. The van der Waals surface area contributed by atoms with Crippen LogP contribution in [0.3, 0.4) is 0 Å². The van der Waals surface area contributed by atoms with Crippen LogP contribution >= 0.6 is 11.6 Å². The maximum atomic E-state index is 11.2. The molecule has 5 nitrogen and oxygen atoms in total. The molecule has 0 radical (unpaired) electrons. The maximum absolute atomic E-state index is 11.2. The van der Waals surface area contributed by atoms with Gasteiger partial charge in [-0.25, -0.2) is 0 Å². The molecule has 0 saturated heterocycles. The number of benzene rings is 1. The largest absolute Gasteiger partial charge is 0.507 e. The molecule has 1 atom stereocenters. The van der Waals surface area contributed by atoms with Gasteiger partial charge in [-0.15, -0.1) is 0 Å². The molecule has 1 aromatic carbocycles. The molecule has 0 aromatic heterocycles. The van der Waals surface area contributed by atoms with Crippen LogP contribution in [0.25, 0.3) is 0 Å². The topological polar surface area (TPSA) is 87.0 Å². The standard InChI is InChI=1S/C24H35ClO5/c1-15(8-7-9-16(2)11-13-20(27)24(4,5)30-6)10-12-18-22(28)19(14-26)17(3)21(25)23(18)29/h9-10,14,20,27-29H,7-8,11-13H2,1-6H3/b15-10+,16-9+/t20-/m0/s1. The summed E-state index contributed by atoms with van der Waals surface area (Å²) in [6.07, 6.45) is 7.51. The molecule has 168 valence electrons. The zero-order chi connectivity index (χ0) is 23.1. The molecule has 30 heavy (non-hydrogen) atoms. The van der Waals surface area contributed by atoms with Crippen LogP contribution in [0.4, 0.5) is 0 Å². The highest BCUT2D eigenvalue weighted by atomic mass is 35.5. The van der Waals surface area contributed by atoms with Crippen LogP contribution in [0.1, 0.15) is 74.9 Å². The van der Waals surface area contributed by atoms with E-state index in [-0.39, 0.29) is 34.1 Å². The van der Waals surface area contributed by atoms with Gasteiger partial charge in [0.15, 0.2) is 6.29 Å². The van der Waals surface area contributed by atoms with E-state index < -0.39 is 11.7 Å². The number of aromatic hydroxyl groups is 2. The minimum absolute atomic E-state index is 0.0911. The van der Waals surface area contributed by atoms with Gasteiger partial charge in [0, 0.05) is 12.7 Å². The zero-order valence-electron chi connectivity index (χ0n) is 18.9. The Kier molecular flexibility index (Phi) is 10.1. The van der Waals surface area contributed by atoms with Gasteiger partial charge in [-0.3, -0.25) is 4.79 Å². The normalized spacial score (nSPS) is 14.1. The van der Waals surface area contributed by atoms with Gasteiger partial charge in [0.2, 0.25) is 0 Å². The lowest BCUT2D eigenvalue weighted by atomic mass is 9.95. The smallest absolute Gasteiger partial charge is 0.154 e. The molecular weight excluding hydrogens is 404 g/mol. The van der Waals surface area contributed by atoms with Gasteiger partial charge in [-0.05, 0) is 72.3 Å². The first-order valence-corrected chi connectivity index (χ1v) is 10.6. The van der Waals surface area contributed by atoms with Crippen molar-refractivity contribution >= 4 is 17.9 Å². The highest BCUT2D eigenvalue weighted by Crippen LogP contribution is 2.40. The first-order chi connectivity index (χ1) is 14.0. The number of aliphatic hydroxyl groups excluding tert-OH is 1. The van der Waals surface area contributed by atoms with Crippen LogP contribution in [-0.4, -0.2) is 40.4 Å². The minimum Gasteiger partial charge on any atom is -0.507 e. The van der Waals surface area contributed by atoms with E-state index >= 15 is 0 Å². The highest BCUT2D eigenvalue weighted by molar-refractivity contribution is 6.33. The molecule has 0 saturated carbocycles. The van der Waals surface area contributed by atoms with Crippen LogP contribution in [0, 0.1) is 6.92 Å². The molecule has 0 bridgehead atoms. The number of phenols is 2. The number of halogens is 1. The van der Waals surface area contributed by atoms with Crippen LogP contribution < -0.4 is 0 Å². The van der Waals surface area contributed by atoms with E-state index in [4.69, 9.17) is 16.3 Å². The fourth-order valence-electron chi connectivity index (χ4n) is 3.09. The SMILES string of the molecule is COC(C)(C)[C@@H](O)CC/C(C)=C/CC/C(C)=C/Cc1c(O)c(Cl)c(C)c(C=O)c1O. The molecule has 0 amide bonds. The highest BCUT2D eigenvalue weighted by Gasteiger charge is 2.26. The Bertz CT molecular complexity index is 809. The Morgan fingerprint density at radius 1 is 1.13 bits per heavy atom. The van der Waals surface area contributed by atoms with Crippen molar-refractivity contribution in [2.45, 2.75) is 78.4 Å². The van der Waals surface area contributed by atoms with Crippen LogP contribution in [0.2, 0.25) is 5.02 Å². The van der Waals surface area contributed by atoms with Crippen LogP contribution in [0.15, 0.2) is 23.3 Å². The van der Waals surface area contributed by atoms with Crippen molar-refractivity contribution in [3.8, 4) is 11.5 Å². The van der Waals surface area contributed by atoms with Gasteiger partial charge in [0.05, 0.1) is 22.3 Å². The van der Waals surface area contributed by atoms with Crippen molar-refractivity contribution < 1.29 is 24.9 Å². The third-order valence-corrected chi connectivity index (χ3v) is 6.18. The number of hydrogen-bond acceptors (Lipinski definition) is 5. The van der Waals surface area contributed by atoms with Gasteiger partial charge in [0.1, 0.15) is 11.5 Å². The molecule has 3 N–H and O–H groups in total. The number of carbonyl (C=O) groups is 1. The average molecular weight is 439 g/mol. The fraction of sp³-hybridized carbons (Fsp3) is 0.542. The predicted octanol–water partition coefficient (Wildman–Crippen LogP) is 5.65. The lowest BCUT2D eigenvalue weighted by molar-refractivity contribution is -0.0797. The van der Waals surface area contributed by atoms with Crippen LogP contribution in [-0.2, 0) is 11.2 Å². The maximum Gasteiger partial charge on any atom is 0.154 e. The summed E-state index contributed by atoms with van der Waals surface area (Å²) < 4.78 is 5.31. The van der Waals surface area contributed by atoms with Crippen molar-refractivity contribution in [1.29, 1.82) is 0 Å². The van der Waals surface area contributed by atoms with Gasteiger partial charge in [-0.2, -0.15) is 0 Å². The summed E-state index contributed by atoms with van der Waals surface area (Å²) in [6, 6.07) is 0. The lowest BCUT2D eigenvalue weighted by Gasteiger charge is -2.29. The predicted molar refractivity (Wildman–Crippen MR) is 122 cm³/mol. The first kappa shape index (κ1) is 26.2. The molecule has 0 spiro atoms. The first-order valence-electron chi connectivity index (χ1n) is 10.2. The van der Waals surface area contributed by atoms with Crippen molar-refractivity contribution in [2.24, 2.45) is 0 Å². The number of rotatable bonds is 11. The Hall–Kier alpha value is -1.82. The third-order valence-electron chi connectivity index (χ3n) is 5.71. The summed E-state index contributed by atoms with van der Waals surface area (Å²) in [6.45, 7) is 9.37. The summed E-state index contributed by atoms with van der Waals surface area (Å²) in [5.74, 6) is -0.406. The Balaban J connectivity index is 2.69. The quantitative estimate of drug-likeness (QED) is 0.307. The second-order valence-electron chi connectivity index (χ2n) is 8.35. The summed E-state index contributed by atoms with van der Waals surface area (Å²) >= 11 is 6.09. The summed E-state index contributed by atoms with van der Waals surface area (Å²) in [5.41, 5.74) is 2.49. The van der Waals surface area contributed by atoms with Gasteiger partial charge < -0.3 is 20.1 Å². The molecule has 0 aliphatic heterocycles. The molecular formula is C24H35ClO5. The monoisotopic (exact) mass is 438 g/mol. The Morgan fingerprint density at radius 3 is 2.30 bits per heavy atom. The number of aliphatic hydroxyl groups is 1. The van der Waals surface area contributed by atoms with E-state index in [0.29, 0.717) is 18.3 Å². The number of ether oxygens (including phenoxy) is 1. The van der Waals surface area contributed by atoms with E-state index in [1.807, 2.05) is 26.8 Å². The zero-order valence-corrected chi connectivity index (χ0v) is 19.6. The number of hydrogen-bond donors (Lipinski definition) is 3. The molecule has 1 rings (SSSR count). The minimum atomic E-state index is -0.556. The second kappa shape index (κ2) is 11.5. The number of methoxy groups -OCH3 is 1. The van der Waals surface area contributed by atoms with Crippen LogP contribution in [0.5, 0.6) is 11.5 Å². The number of phenolic OH excluding ortho intramolecular Hbond substituents is 2. The van der Waals surface area contributed by atoms with Crippen molar-refractivity contribution in [2.75, 3.05) is 7.11 Å². The summed E-state index contributed by atoms with van der Waals surface area (Å²) in [7, 11) is 1.60. The van der Waals surface area contributed by atoms with E-state index in [0.717, 1.165) is 24.8 Å². The number of aldehydes is 1. The Morgan fingerprint density at radius 2 is 1.73 bits per heavy atom. The summed E-state index contributed by atoms with van der Waals surface area (Å²) in [5, 5.41) is 30.8. The molecule has 0 aliphatic rings. The number of allylic oxidation sites excluding steroid dienone is 4. The average Bonchev–Trinajstić information content (AvgIpc) is 2.70. The van der Waals surface area contributed by atoms with E-state index in [9.17, 15) is 20.1 Å². The second-order valence-corrected chi connectivity index (χ2v) is 8.73. The van der Waals surface area contributed by atoms with Gasteiger partial charge in [-0.1, -0.05) is 34.9 Å². The van der Waals surface area contributed by atoms with E-state index in [1.54, 1.807) is 14.0 Å². The molecule has 0 heterocycles. The number of carbonyl (C=O) groups excluding carboxylic acids is 1. The molecule has 0 aliphatic carbocycles. The van der Waals surface area contributed by atoms with Crippen molar-refractivity contribution in [1.82, 2.24) is 0 Å². The Labute approximate surface area is 185 Å². The van der Waals surface area contributed by atoms with E-state index in [2.05, 4.69) is 13.0 Å². The van der Waals surface area contributed by atoms with E-state index in [1.165, 1.54) is 5.57 Å². The third kappa shape index (κ3) is 6.86. The van der Waals surface area contributed by atoms with Gasteiger partial charge in [0.25, 0.3) is 0 Å². The van der Waals surface area contributed by atoms with Crippen molar-refractivity contribution in [3.63, 3.8) is 0 Å². The molecule has 0 fully saturated rings. The van der Waals surface area contributed by atoms with Gasteiger partial charge >= 0.3 is 0 Å². The molecule has 0 unspecified atom stereocenters. The fourth-order valence-corrected chi connectivity index (χ4v) is 3.31. The molecule has 6 heteroatoms. The molecule has 1 aromatic rings.